The van der Waals surface area contributed by atoms with Crippen molar-refractivity contribution in [2.45, 2.75) is 67.9 Å². The number of primary amides is 1. The lowest BCUT2D eigenvalue weighted by atomic mass is 10.00. The Hall–Kier alpha value is -2.62. The normalized spacial score (nSPS) is 8.68. The third-order valence-electron chi connectivity index (χ3n) is 3.29. The van der Waals surface area contributed by atoms with Crippen LogP contribution in [-0.4, -0.2) is 11.8 Å². The van der Waals surface area contributed by atoms with Gasteiger partial charge in [-0.2, -0.15) is 0 Å². The van der Waals surface area contributed by atoms with Crippen molar-refractivity contribution in [2.75, 3.05) is 0 Å². The first-order valence-corrected chi connectivity index (χ1v) is 10.1. The largest absolute Gasteiger partial charge is 0.370 e. The Bertz CT molecular complexity index is 661. The molecule has 0 aliphatic rings. The van der Waals surface area contributed by atoms with E-state index in [-0.39, 0.29) is 11.8 Å². The van der Waals surface area contributed by atoms with Crippen LogP contribution in [0.4, 0.5) is 0 Å². The maximum atomic E-state index is 10.9. The molecule has 0 heterocycles. The van der Waals surface area contributed by atoms with Crippen LogP contribution in [0.5, 0.6) is 0 Å². The standard InChI is InChI=1S/C18H21NO.C2H5NO.2C2H6/c1-3-5-15-6-4-7-18(12-15)17-10-8-16(9-11-17)13-19-14(2)20;1-2(3)4;2*1-2/h4,6-12H,3,5,13H2,1-2H3,(H,19,20);1H3,(H2,3,4);2*1-2H3. The van der Waals surface area contributed by atoms with E-state index in [2.05, 4.69) is 66.5 Å². The van der Waals surface area contributed by atoms with E-state index in [4.69, 9.17) is 0 Å². The zero-order valence-corrected chi connectivity index (χ0v) is 18.6. The molecular weight excluding hydrogens is 348 g/mol. The van der Waals surface area contributed by atoms with Crippen molar-refractivity contribution in [2.24, 2.45) is 5.73 Å². The van der Waals surface area contributed by atoms with Crippen LogP contribution in [0.15, 0.2) is 48.5 Å². The molecule has 28 heavy (non-hydrogen) atoms. The highest BCUT2D eigenvalue weighted by Crippen LogP contribution is 2.21. The number of hydrogen-bond acceptors (Lipinski definition) is 2. The summed E-state index contributed by atoms with van der Waals surface area (Å²) in [6.45, 7) is 13.6. The molecule has 0 saturated carbocycles. The van der Waals surface area contributed by atoms with Gasteiger partial charge in [0, 0.05) is 20.4 Å². The SMILES string of the molecule is CC.CC.CC(N)=O.CCCc1cccc(-c2ccc(CNC(C)=O)cc2)c1. The Morgan fingerprint density at radius 3 is 1.86 bits per heavy atom. The maximum Gasteiger partial charge on any atom is 0.217 e. The predicted octanol–water partition coefficient (Wildman–Crippen LogP) is 5.49. The topological polar surface area (TPSA) is 72.2 Å². The first kappa shape index (κ1) is 27.6. The molecule has 2 amide bonds. The fraction of sp³-hybridized carbons (Fsp3) is 0.417. The van der Waals surface area contributed by atoms with Crippen LogP contribution in [0.25, 0.3) is 11.1 Å². The molecule has 0 aromatic heterocycles. The second-order valence-electron chi connectivity index (χ2n) is 5.67. The minimum Gasteiger partial charge on any atom is -0.370 e. The van der Waals surface area contributed by atoms with Gasteiger partial charge in [0.2, 0.25) is 11.8 Å². The van der Waals surface area contributed by atoms with Gasteiger partial charge < -0.3 is 11.1 Å². The third kappa shape index (κ3) is 13.6. The van der Waals surface area contributed by atoms with Gasteiger partial charge in [-0.3, -0.25) is 9.59 Å². The Labute approximate surface area is 171 Å². The fourth-order valence-electron chi connectivity index (χ4n) is 2.24. The van der Waals surface area contributed by atoms with Gasteiger partial charge >= 0.3 is 0 Å². The van der Waals surface area contributed by atoms with Gasteiger partial charge in [0.05, 0.1) is 0 Å². The summed E-state index contributed by atoms with van der Waals surface area (Å²) < 4.78 is 0. The summed E-state index contributed by atoms with van der Waals surface area (Å²) in [5.74, 6) is -0.332. The zero-order chi connectivity index (χ0) is 21.9. The highest BCUT2D eigenvalue weighted by atomic mass is 16.1. The summed E-state index contributed by atoms with van der Waals surface area (Å²) in [6.07, 6.45) is 2.29. The number of rotatable bonds is 5. The number of nitrogens with two attached hydrogens (primary N) is 1. The smallest absolute Gasteiger partial charge is 0.217 e. The summed E-state index contributed by atoms with van der Waals surface area (Å²) in [5.41, 5.74) is 9.44. The summed E-state index contributed by atoms with van der Waals surface area (Å²) in [4.78, 5) is 20.1. The van der Waals surface area contributed by atoms with Crippen LogP contribution < -0.4 is 11.1 Å². The molecule has 2 aromatic carbocycles. The first-order chi connectivity index (χ1) is 13.4. The lowest BCUT2D eigenvalue weighted by Gasteiger charge is -2.07. The third-order valence-corrected chi connectivity index (χ3v) is 3.29. The number of aryl methyl sites for hydroxylation is 1. The summed E-state index contributed by atoms with van der Waals surface area (Å²) >= 11 is 0. The molecule has 0 aliphatic heterocycles. The molecule has 0 atom stereocenters. The maximum absolute atomic E-state index is 10.9. The van der Waals surface area contributed by atoms with Gasteiger partial charge in [0.15, 0.2) is 0 Å². The summed E-state index contributed by atoms with van der Waals surface area (Å²) in [6, 6.07) is 17.1. The number of carbonyl (C=O) groups is 2. The van der Waals surface area contributed by atoms with Crippen LogP contribution in [-0.2, 0) is 22.6 Å². The Balaban J connectivity index is 0. The van der Waals surface area contributed by atoms with Gasteiger partial charge in [-0.1, -0.05) is 89.6 Å². The van der Waals surface area contributed by atoms with Crippen molar-refractivity contribution in [1.82, 2.24) is 5.32 Å². The first-order valence-electron chi connectivity index (χ1n) is 10.1. The molecule has 0 fully saturated rings. The monoisotopic (exact) mass is 386 g/mol. The van der Waals surface area contributed by atoms with Crippen molar-refractivity contribution in [3.05, 3.63) is 59.7 Å². The predicted molar refractivity (Wildman–Crippen MR) is 121 cm³/mol. The van der Waals surface area contributed by atoms with Crippen LogP contribution in [0.2, 0.25) is 0 Å². The van der Waals surface area contributed by atoms with Crippen LogP contribution >= 0.6 is 0 Å². The van der Waals surface area contributed by atoms with E-state index in [9.17, 15) is 9.59 Å². The minimum absolute atomic E-state index is 0.00124. The highest BCUT2D eigenvalue weighted by Gasteiger charge is 2.00. The lowest BCUT2D eigenvalue weighted by Crippen LogP contribution is -2.18. The summed E-state index contributed by atoms with van der Waals surface area (Å²) in [5, 5.41) is 2.81. The van der Waals surface area contributed by atoms with Crippen molar-refractivity contribution >= 4 is 11.8 Å². The van der Waals surface area contributed by atoms with Crippen molar-refractivity contribution < 1.29 is 9.59 Å². The number of hydrogen-bond donors (Lipinski definition) is 2. The van der Waals surface area contributed by atoms with E-state index >= 15 is 0 Å². The second-order valence-corrected chi connectivity index (χ2v) is 5.67. The molecule has 4 nitrogen and oxygen atoms in total. The molecular formula is C24H38N2O2. The van der Waals surface area contributed by atoms with E-state index < -0.39 is 0 Å². The second kappa shape index (κ2) is 17.8. The molecule has 0 aliphatic carbocycles. The Morgan fingerprint density at radius 2 is 1.39 bits per heavy atom. The molecule has 4 heteroatoms. The van der Waals surface area contributed by atoms with E-state index in [1.54, 1.807) is 0 Å². The Kier molecular flexibility index (Phi) is 17.5. The zero-order valence-electron chi connectivity index (χ0n) is 18.6. The molecule has 2 aromatic rings. The summed E-state index contributed by atoms with van der Waals surface area (Å²) in [7, 11) is 0. The average molecular weight is 387 g/mol. The van der Waals surface area contributed by atoms with Gasteiger partial charge in [0.25, 0.3) is 0 Å². The van der Waals surface area contributed by atoms with Gasteiger partial charge in [-0.05, 0) is 28.7 Å². The Morgan fingerprint density at radius 1 is 0.857 bits per heavy atom. The fourth-order valence-corrected chi connectivity index (χ4v) is 2.24. The van der Waals surface area contributed by atoms with Gasteiger partial charge in [0.1, 0.15) is 0 Å². The molecule has 156 valence electrons. The lowest BCUT2D eigenvalue weighted by molar-refractivity contribution is -0.119. The van der Waals surface area contributed by atoms with Crippen LogP contribution in [0, 0.1) is 0 Å². The van der Waals surface area contributed by atoms with E-state index in [0.717, 1.165) is 12.0 Å². The molecule has 0 spiro atoms. The molecule has 0 unspecified atom stereocenters. The highest BCUT2D eigenvalue weighted by molar-refractivity contribution is 5.73. The van der Waals surface area contributed by atoms with Crippen LogP contribution in [0.3, 0.4) is 0 Å². The number of nitrogens with one attached hydrogen (secondary N) is 1. The van der Waals surface area contributed by atoms with Gasteiger partial charge in [-0.25, -0.2) is 0 Å². The number of carbonyl (C=O) groups excluding carboxylic acids is 2. The van der Waals surface area contributed by atoms with E-state index in [0.29, 0.717) is 6.54 Å². The van der Waals surface area contributed by atoms with E-state index in [1.807, 2.05) is 27.7 Å². The van der Waals surface area contributed by atoms with Gasteiger partial charge in [-0.15, -0.1) is 0 Å². The molecule has 3 N–H and O–H groups in total. The average Bonchev–Trinajstić information content (AvgIpc) is 2.70. The minimum atomic E-state index is -0.333. The van der Waals surface area contributed by atoms with Crippen LogP contribution in [0.1, 0.15) is 66.0 Å². The van der Waals surface area contributed by atoms with Crippen molar-refractivity contribution in [1.29, 1.82) is 0 Å². The number of benzene rings is 2. The molecule has 0 bridgehead atoms. The number of amides is 2. The van der Waals surface area contributed by atoms with Crippen molar-refractivity contribution in [3.63, 3.8) is 0 Å². The molecule has 0 radical (unpaired) electrons. The molecule has 2 rings (SSSR count). The molecule has 0 saturated heterocycles. The van der Waals surface area contributed by atoms with E-state index in [1.165, 1.54) is 37.0 Å². The van der Waals surface area contributed by atoms with Crippen molar-refractivity contribution in [3.8, 4) is 11.1 Å². The quantitative estimate of drug-likeness (QED) is 0.713.